The lowest BCUT2D eigenvalue weighted by Gasteiger charge is -2.29. The summed E-state index contributed by atoms with van der Waals surface area (Å²) in [6.45, 7) is 4.21. The zero-order chi connectivity index (χ0) is 20.1. The van der Waals surface area contributed by atoms with Gasteiger partial charge in [0.1, 0.15) is 12.1 Å². The van der Waals surface area contributed by atoms with Crippen LogP contribution in [0, 0.1) is 0 Å². The number of likely N-dealkylation sites (N-methyl/N-ethyl adjacent to an activating group) is 1. The van der Waals surface area contributed by atoms with Crippen molar-refractivity contribution < 1.29 is 14.4 Å². The van der Waals surface area contributed by atoms with Gasteiger partial charge in [-0.05, 0) is 44.6 Å². The fourth-order valence-electron chi connectivity index (χ4n) is 4.20. The summed E-state index contributed by atoms with van der Waals surface area (Å²) in [5.74, 6) is -0.549. The molecular formula is C22H29N3O3. The van der Waals surface area contributed by atoms with E-state index in [0.29, 0.717) is 13.0 Å². The molecule has 1 aliphatic heterocycles. The van der Waals surface area contributed by atoms with E-state index in [1.54, 1.807) is 4.90 Å². The molecule has 6 nitrogen and oxygen atoms in total. The first-order chi connectivity index (χ1) is 13.5. The van der Waals surface area contributed by atoms with Gasteiger partial charge in [-0.2, -0.15) is 0 Å². The second kappa shape index (κ2) is 8.59. The van der Waals surface area contributed by atoms with Gasteiger partial charge < -0.3 is 10.2 Å². The number of carbonyl (C=O) groups excluding carboxylic acids is 3. The van der Waals surface area contributed by atoms with Crippen molar-refractivity contribution >= 4 is 17.8 Å². The molecule has 6 heteroatoms. The predicted molar refractivity (Wildman–Crippen MR) is 107 cm³/mol. The van der Waals surface area contributed by atoms with Gasteiger partial charge in [-0.25, -0.2) is 4.79 Å². The maximum Gasteiger partial charge on any atom is 0.325 e. The highest BCUT2D eigenvalue weighted by Crippen LogP contribution is 2.33. The average molecular weight is 383 g/mol. The zero-order valence-electron chi connectivity index (χ0n) is 16.7. The van der Waals surface area contributed by atoms with Crippen LogP contribution in [0.15, 0.2) is 42.1 Å². The van der Waals surface area contributed by atoms with Crippen LogP contribution in [-0.4, -0.2) is 40.7 Å². The van der Waals surface area contributed by atoms with Crippen molar-refractivity contribution in [2.24, 2.45) is 0 Å². The molecule has 1 aromatic rings. The minimum atomic E-state index is -1.09. The Hall–Kier alpha value is -2.63. The third kappa shape index (κ3) is 3.68. The van der Waals surface area contributed by atoms with Gasteiger partial charge in [0.2, 0.25) is 5.91 Å². The first kappa shape index (κ1) is 20.1. The molecular weight excluding hydrogens is 354 g/mol. The summed E-state index contributed by atoms with van der Waals surface area (Å²) >= 11 is 0. The molecule has 0 bridgehead atoms. The number of nitrogens with zero attached hydrogens (tertiary/aromatic N) is 2. The molecule has 0 aromatic heterocycles. The summed E-state index contributed by atoms with van der Waals surface area (Å²) in [5, 5.41) is 2.88. The SMILES string of the molecule is CCC[C@]1(c2ccccc2)NC(=O)N(CC(=O)N(CC)C2=CCCCC2)C1=O. The van der Waals surface area contributed by atoms with Crippen LogP contribution in [0.1, 0.15) is 57.9 Å². The van der Waals surface area contributed by atoms with E-state index < -0.39 is 11.6 Å². The van der Waals surface area contributed by atoms with E-state index in [4.69, 9.17) is 0 Å². The number of amides is 4. The lowest BCUT2D eigenvalue weighted by molar-refractivity contribution is -0.138. The highest BCUT2D eigenvalue weighted by atomic mass is 16.2. The fraction of sp³-hybridized carbons (Fsp3) is 0.500. The van der Waals surface area contributed by atoms with E-state index in [1.165, 1.54) is 0 Å². The number of urea groups is 1. The van der Waals surface area contributed by atoms with E-state index in [0.717, 1.165) is 48.3 Å². The quantitative estimate of drug-likeness (QED) is 0.732. The maximum atomic E-state index is 13.3. The third-order valence-corrected chi connectivity index (χ3v) is 5.59. The van der Waals surface area contributed by atoms with E-state index >= 15 is 0 Å². The molecule has 0 radical (unpaired) electrons. The van der Waals surface area contributed by atoms with Crippen LogP contribution in [0.2, 0.25) is 0 Å². The molecule has 1 aromatic carbocycles. The molecule has 28 heavy (non-hydrogen) atoms. The fourth-order valence-corrected chi connectivity index (χ4v) is 4.20. The summed E-state index contributed by atoms with van der Waals surface area (Å²) in [6, 6.07) is 8.80. The number of rotatable bonds is 7. The van der Waals surface area contributed by atoms with Crippen molar-refractivity contribution in [2.45, 2.75) is 57.9 Å². The van der Waals surface area contributed by atoms with E-state index in [1.807, 2.05) is 44.2 Å². The Morgan fingerprint density at radius 1 is 1.18 bits per heavy atom. The first-order valence-electron chi connectivity index (χ1n) is 10.2. The first-order valence-corrected chi connectivity index (χ1v) is 10.2. The maximum absolute atomic E-state index is 13.3. The van der Waals surface area contributed by atoms with Crippen LogP contribution in [0.25, 0.3) is 0 Å². The second-order valence-electron chi connectivity index (χ2n) is 7.42. The van der Waals surface area contributed by atoms with E-state index in [9.17, 15) is 14.4 Å². The number of nitrogens with one attached hydrogen (secondary N) is 1. The molecule has 0 spiro atoms. The molecule has 3 rings (SSSR count). The van der Waals surface area contributed by atoms with Crippen molar-refractivity contribution in [3.05, 3.63) is 47.7 Å². The molecule has 1 heterocycles. The van der Waals surface area contributed by atoms with E-state index in [-0.39, 0.29) is 18.4 Å². The number of benzene rings is 1. The summed E-state index contributed by atoms with van der Waals surface area (Å²) in [7, 11) is 0. The number of imide groups is 1. The van der Waals surface area contributed by atoms with Gasteiger partial charge in [0.05, 0.1) is 0 Å². The predicted octanol–water partition coefficient (Wildman–Crippen LogP) is 3.54. The van der Waals surface area contributed by atoms with Crippen LogP contribution >= 0.6 is 0 Å². The van der Waals surface area contributed by atoms with Gasteiger partial charge >= 0.3 is 6.03 Å². The Morgan fingerprint density at radius 3 is 2.54 bits per heavy atom. The number of hydrogen-bond acceptors (Lipinski definition) is 3. The van der Waals surface area contributed by atoms with Gasteiger partial charge in [-0.3, -0.25) is 14.5 Å². The van der Waals surface area contributed by atoms with Gasteiger partial charge in [-0.1, -0.05) is 49.8 Å². The van der Waals surface area contributed by atoms with Crippen LogP contribution in [-0.2, 0) is 15.1 Å². The largest absolute Gasteiger partial charge is 0.325 e. The monoisotopic (exact) mass is 383 g/mol. The Kier molecular flexibility index (Phi) is 6.17. The lowest BCUT2D eigenvalue weighted by Crippen LogP contribution is -2.45. The van der Waals surface area contributed by atoms with Crippen LogP contribution in [0.5, 0.6) is 0 Å². The molecule has 150 valence electrons. The minimum Gasteiger partial charge on any atom is -0.319 e. The normalized spacial score (nSPS) is 22.1. The highest BCUT2D eigenvalue weighted by Gasteiger charge is 2.52. The van der Waals surface area contributed by atoms with Crippen molar-refractivity contribution in [1.29, 1.82) is 0 Å². The molecule has 1 atom stereocenters. The van der Waals surface area contributed by atoms with Crippen LogP contribution in [0.3, 0.4) is 0 Å². The summed E-state index contributed by atoms with van der Waals surface area (Å²) < 4.78 is 0. The molecule has 0 unspecified atom stereocenters. The smallest absolute Gasteiger partial charge is 0.319 e. The standard InChI is InChI=1S/C22H29N3O3/c1-3-15-22(17-11-7-5-8-12-17)20(27)25(21(28)23-22)16-19(26)24(4-2)18-13-9-6-10-14-18/h5,7-8,11-13H,3-4,6,9-10,14-16H2,1-2H3,(H,23,28)/t22-/m1/s1. The van der Waals surface area contributed by atoms with Gasteiger partial charge in [0.25, 0.3) is 5.91 Å². The Morgan fingerprint density at radius 2 is 1.93 bits per heavy atom. The Balaban J connectivity index is 1.82. The Bertz CT molecular complexity index is 774. The molecule has 0 saturated carbocycles. The minimum absolute atomic E-state index is 0.209. The molecule has 1 saturated heterocycles. The molecule has 1 fully saturated rings. The zero-order valence-corrected chi connectivity index (χ0v) is 16.7. The van der Waals surface area contributed by atoms with Crippen molar-refractivity contribution in [2.75, 3.05) is 13.1 Å². The second-order valence-corrected chi connectivity index (χ2v) is 7.42. The average Bonchev–Trinajstić information content (AvgIpc) is 2.95. The molecule has 4 amide bonds. The van der Waals surface area contributed by atoms with Crippen LogP contribution < -0.4 is 5.32 Å². The topological polar surface area (TPSA) is 69.7 Å². The summed E-state index contributed by atoms with van der Waals surface area (Å²) in [5.41, 5.74) is 0.676. The third-order valence-electron chi connectivity index (χ3n) is 5.59. The van der Waals surface area contributed by atoms with Crippen molar-refractivity contribution in [1.82, 2.24) is 15.1 Å². The molecule has 1 aliphatic carbocycles. The molecule has 2 aliphatic rings. The molecule has 1 N–H and O–H groups in total. The number of hydrogen-bond donors (Lipinski definition) is 1. The number of carbonyl (C=O) groups is 3. The van der Waals surface area contributed by atoms with Gasteiger partial charge in [0.15, 0.2) is 0 Å². The van der Waals surface area contributed by atoms with Crippen molar-refractivity contribution in [3.8, 4) is 0 Å². The van der Waals surface area contributed by atoms with Crippen LogP contribution in [0.4, 0.5) is 4.79 Å². The lowest BCUT2D eigenvalue weighted by atomic mass is 9.85. The Labute approximate surface area is 166 Å². The highest BCUT2D eigenvalue weighted by molar-refractivity contribution is 6.09. The van der Waals surface area contributed by atoms with Gasteiger partial charge in [0, 0.05) is 12.2 Å². The summed E-state index contributed by atoms with van der Waals surface area (Å²) in [6.07, 6.45) is 7.36. The summed E-state index contributed by atoms with van der Waals surface area (Å²) in [4.78, 5) is 41.7. The van der Waals surface area contributed by atoms with Crippen molar-refractivity contribution in [3.63, 3.8) is 0 Å². The van der Waals surface area contributed by atoms with E-state index in [2.05, 4.69) is 11.4 Å². The number of allylic oxidation sites excluding steroid dienone is 2. The van der Waals surface area contributed by atoms with Gasteiger partial charge in [-0.15, -0.1) is 0 Å².